The summed E-state index contributed by atoms with van der Waals surface area (Å²) in [6.45, 7) is 4.16. The molecule has 0 bridgehead atoms. The van der Waals surface area contributed by atoms with Crippen molar-refractivity contribution in [1.29, 1.82) is 0 Å². The minimum absolute atomic E-state index is 0.121. The number of piperazine rings is 1. The van der Waals surface area contributed by atoms with Crippen molar-refractivity contribution in [2.24, 2.45) is 0 Å². The average molecular weight is 346 g/mol. The number of benzene rings is 1. The van der Waals surface area contributed by atoms with Crippen LogP contribution in [0.1, 0.15) is 12.6 Å². The molecule has 1 aliphatic heterocycles. The first kappa shape index (κ1) is 16.7. The molecule has 0 aliphatic carbocycles. The lowest BCUT2D eigenvalue weighted by atomic mass is 10.1. The van der Waals surface area contributed by atoms with Crippen molar-refractivity contribution in [3.63, 3.8) is 0 Å². The molecule has 0 spiro atoms. The number of carbonyl (C=O) groups excluding carboxylic acids is 1. The first-order valence-electron chi connectivity index (χ1n) is 7.94. The van der Waals surface area contributed by atoms with E-state index in [1.807, 2.05) is 48.5 Å². The SMILES string of the molecule is CNc1nc(CN2CCN(c3ccc(OC)cc3)C(=O)[C@@H]2C)cs1. The van der Waals surface area contributed by atoms with Crippen LogP contribution in [0.5, 0.6) is 5.75 Å². The molecule has 2 heterocycles. The maximum Gasteiger partial charge on any atom is 0.244 e. The van der Waals surface area contributed by atoms with E-state index < -0.39 is 0 Å². The second-order valence-electron chi connectivity index (χ2n) is 5.73. The standard InChI is InChI=1S/C17H22N4O2S/c1-12-16(22)21(14-4-6-15(23-3)7-5-14)9-8-20(12)10-13-11-24-17(18-2)19-13/h4-7,11-12H,8-10H2,1-3H3,(H,18,19)/t12-/m0/s1. The van der Waals surface area contributed by atoms with E-state index in [4.69, 9.17) is 4.74 Å². The fraction of sp³-hybridized carbons (Fsp3) is 0.412. The Kier molecular flexibility index (Phi) is 5.01. The van der Waals surface area contributed by atoms with E-state index in [1.165, 1.54) is 0 Å². The Bertz CT molecular complexity index is 701. The number of hydrogen-bond acceptors (Lipinski definition) is 6. The normalized spacial score (nSPS) is 18.7. The molecule has 6 nitrogen and oxygen atoms in total. The third-order valence-corrected chi connectivity index (χ3v) is 5.21. The average Bonchev–Trinajstić information content (AvgIpc) is 3.07. The first-order chi connectivity index (χ1) is 11.6. The second-order valence-corrected chi connectivity index (χ2v) is 6.59. The van der Waals surface area contributed by atoms with Crippen molar-refractivity contribution in [2.45, 2.75) is 19.5 Å². The Morgan fingerprint density at radius 3 is 2.71 bits per heavy atom. The number of ether oxygens (including phenoxy) is 1. The summed E-state index contributed by atoms with van der Waals surface area (Å²) in [5, 5.41) is 5.99. The van der Waals surface area contributed by atoms with E-state index >= 15 is 0 Å². The molecule has 1 saturated heterocycles. The highest BCUT2D eigenvalue weighted by molar-refractivity contribution is 7.13. The molecule has 1 fully saturated rings. The van der Waals surface area contributed by atoms with Gasteiger partial charge in [0, 0.05) is 37.7 Å². The summed E-state index contributed by atoms with van der Waals surface area (Å²) in [6.07, 6.45) is 0. The molecule has 1 amide bonds. The van der Waals surface area contributed by atoms with Crippen LogP contribution in [0.15, 0.2) is 29.6 Å². The van der Waals surface area contributed by atoms with Gasteiger partial charge in [-0.1, -0.05) is 0 Å². The van der Waals surface area contributed by atoms with Gasteiger partial charge < -0.3 is 15.0 Å². The summed E-state index contributed by atoms with van der Waals surface area (Å²) in [7, 11) is 3.50. The van der Waals surface area contributed by atoms with Crippen molar-refractivity contribution in [1.82, 2.24) is 9.88 Å². The van der Waals surface area contributed by atoms with E-state index in [0.29, 0.717) is 13.1 Å². The highest BCUT2D eigenvalue weighted by atomic mass is 32.1. The number of nitrogens with zero attached hydrogens (tertiary/aromatic N) is 3. The van der Waals surface area contributed by atoms with Gasteiger partial charge in [0.2, 0.25) is 5.91 Å². The fourth-order valence-electron chi connectivity index (χ4n) is 2.85. The minimum Gasteiger partial charge on any atom is -0.497 e. The van der Waals surface area contributed by atoms with Gasteiger partial charge in [-0.2, -0.15) is 0 Å². The smallest absolute Gasteiger partial charge is 0.244 e. The van der Waals surface area contributed by atoms with E-state index in [2.05, 4.69) is 15.2 Å². The molecule has 3 rings (SSSR count). The van der Waals surface area contributed by atoms with Gasteiger partial charge in [0.05, 0.1) is 18.8 Å². The van der Waals surface area contributed by atoms with Gasteiger partial charge in [-0.15, -0.1) is 11.3 Å². The zero-order chi connectivity index (χ0) is 17.1. The topological polar surface area (TPSA) is 57.7 Å². The van der Waals surface area contributed by atoms with Crippen LogP contribution in [0.2, 0.25) is 0 Å². The van der Waals surface area contributed by atoms with E-state index in [9.17, 15) is 4.79 Å². The molecular formula is C17H22N4O2S. The van der Waals surface area contributed by atoms with Crippen LogP contribution < -0.4 is 15.0 Å². The van der Waals surface area contributed by atoms with Gasteiger partial charge >= 0.3 is 0 Å². The van der Waals surface area contributed by atoms with Crippen LogP contribution in [0.4, 0.5) is 10.8 Å². The number of methoxy groups -OCH3 is 1. The van der Waals surface area contributed by atoms with Crippen molar-refractivity contribution in [3.05, 3.63) is 35.3 Å². The number of aromatic nitrogens is 1. The maximum absolute atomic E-state index is 12.8. The predicted octanol–water partition coefficient (Wildman–Crippen LogP) is 2.43. The lowest BCUT2D eigenvalue weighted by molar-refractivity contribution is -0.125. The number of rotatable bonds is 5. The quantitative estimate of drug-likeness (QED) is 0.901. The molecule has 1 atom stereocenters. The third kappa shape index (κ3) is 3.37. The van der Waals surface area contributed by atoms with E-state index in [-0.39, 0.29) is 11.9 Å². The van der Waals surface area contributed by atoms with Crippen LogP contribution in [-0.2, 0) is 11.3 Å². The Hall–Kier alpha value is -2.12. The van der Waals surface area contributed by atoms with E-state index in [0.717, 1.165) is 28.8 Å². The lowest BCUT2D eigenvalue weighted by Gasteiger charge is -2.38. The summed E-state index contributed by atoms with van der Waals surface area (Å²) in [4.78, 5) is 21.3. The Balaban J connectivity index is 1.68. The van der Waals surface area contributed by atoms with Crippen molar-refractivity contribution in [2.75, 3.05) is 37.5 Å². The molecule has 24 heavy (non-hydrogen) atoms. The molecule has 1 aromatic carbocycles. The monoisotopic (exact) mass is 346 g/mol. The number of hydrogen-bond donors (Lipinski definition) is 1. The number of thiazole rings is 1. The lowest BCUT2D eigenvalue weighted by Crippen LogP contribution is -2.55. The van der Waals surface area contributed by atoms with Crippen LogP contribution in [0.25, 0.3) is 0 Å². The molecule has 0 radical (unpaired) electrons. The van der Waals surface area contributed by atoms with Crippen molar-refractivity contribution < 1.29 is 9.53 Å². The molecular weight excluding hydrogens is 324 g/mol. The largest absolute Gasteiger partial charge is 0.497 e. The molecule has 128 valence electrons. The molecule has 1 aliphatic rings. The van der Waals surface area contributed by atoms with Gasteiger partial charge in [-0.05, 0) is 31.2 Å². The Labute approximate surface area is 146 Å². The summed E-state index contributed by atoms with van der Waals surface area (Å²) in [6, 6.07) is 7.46. The van der Waals surface area contributed by atoms with Crippen molar-refractivity contribution >= 4 is 28.1 Å². The molecule has 0 saturated carbocycles. The van der Waals surface area contributed by atoms with Crippen LogP contribution in [0.3, 0.4) is 0 Å². The number of nitrogens with one attached hydrogen (secondary N) is 1. The van der Waals surface area contributed by atoms with Gasteiger partial charge in [0.25, 0.3) is 0 Å². The predicted molar refractivity (Wildman–Crippen MR) is 96.9 cm³/mol. The number of anilines is 2. The summed E-state index contributed by atoms with van der Waals surface area (Å²) in [5.74, 6) is 0.914. The van der Waals surface area contributed by atoms with Gasteiger partial charge in [-0.25, -0.2) is 4.98 Å². The molecule has 1 N–H and O–H groups in total. The zero-order valence-corrected chi connectivity index (χ0v) is 15.0. The number of amides is 1. The highest BCUT2D eigenvalue weighted by Gasteiger charge is 2.32. The van der Waals surface area contributed by atoms with Gasteiger partial charge in [0.15, 0.2) is 5.13 Å². The van der Waals surface area contributed by atoms with Crippen LogP contribution in [-0.4, -0.2) is 49.1 Å². The molecule has 1 aromatic heterocycles. The van der Waals surface area contributed by atoms with Crippen LogP contribution in [0, 0.1) is 0 Å². The maximum atomic E-state index is 12.8. The fourth-order valence-corrected chi connectivity index (χ4v) is 3.51. The summed E-state index contributed by atoms with van der Waals surface area (Å²) >= 11 is 1.58. The van der Waals surface area contributed by atoms with Gasteiger partial charge in [0.1, 0.15) is 5.75 Å². The molecule has 0 unspecified atom stereocenters. The molecule has 7 heteroatoms. The first-order valence-corrected chi connectivity index (χ1v) is 8.82. The number of carbonyl (C=O) groups is 1. The third-order valence-electron chi connectivity index (χ3n) is 4.30. The van der Waals surface area contributed by atoms with E-state index in [1.54, 1.807) is 18.4 Å². The Morgan fingerprint density at radius 1 is 1.33 bits per heavy atom. The van der Waals surface area contributed by atoms with Crippen LogP contribution >= 0.6 is 11.3 Å². The highest BCUT2D eigenvalue weighted by Crippen LogP contribution is 2.24. The summed E-state index contributed by atoms with van der Waals surface area (Å²) < 4.78 is 5.18. The summed E-state index contributed by atoms with van der Waals surface area (Å²) in [5.41, 5.74) is 1.92. The zero-order valence-electron chi connectivity index (χ0n) is 14.2. The minimum atomic E-state index is -0.166. The Morgan fingerprint density at radius 2 is 2.08 bits per heavy atom. The molecule has 2 aromatic rings. The van der Waals surface area contributed by atoms with Gasteiger partial charge in [-0.3, -0.25) is 9.69 Å². The second kappa shape index (κ2) is 7.19. The van der Waals surface area contributed by atoms with Crippen molar-refractivity contribution in [3.8, 4) is 5.75 Å².